The van der Waals surface area contributed by atoms with Crippen molar-refractivity contribution < 1.29 is 0 Å². The highest BCUT2D eigenvalue weighted by atomic mass is 14.2. The molecule has 0 saturated carbocycles. The van der Waals surface area contributed by atoms with Crippen LogP contribution in [0.15, 0.2) is 12.2 Å². The van der Waals surface area contributed by atoms with E-state index >= 15 is 0 Å². The quantitative estimate of drug-likeness (QED) is 0.476. The van der Waals surface area contributed by atoms with Crippen molar-refractivity contribution in [1.82, 2.24) is 0 Å². The highest BCUT2D eigenvalue weighted by Gasteiger charge is 2.16. The van der Waals surface area contributed by atoms with Crippen LogP contribution in [0.5, 0.6) is 0 Å². The van der Waals surface area contributed by atoms with E-state index in [9.17, 15) is 0 Å². The summed E-state index contributed by atoms with van der Waals surface area (Å²) in [5, 5.41) is 0. The SMILES string of the molecule is C.C=C(C)CC.CCCC(C)(CC)CC. The molecule has 0 aliphatic carbocycles. The van der Waals surface area contributed by atoms with E-state index in [4.69, 9.17) is 0 Å². The average molecular weight is 214 g/mol. The first-order valence-corrected chi connectivity index (χ1v) is 6.10. The minimum atomic E-state index is 0. The molecule has 0 heteroatoms. The Balaban J connectivity index is -0.000000208. The third-order valence-corrected chi connectivity index (χ3v) is 3.16. The largest absolute Gasteiger partial charge is 0.100 e. The Bertz CT molecular complexity index is 129. The fourth-order valence-corrected chi connectivity index (χ4v) is 1.21. The Morgan fingerprint density at radius 3 is 1.47 bits per heavy atom. The Morgan fingerprint density at radius 1 is 1.07 bits per heavy atom. The van der Waals surface area contributed by atoms with E-state index in [1.54, 1.807) is 0 Å². The summed E-state index contributed by atoms with van der Waals surface area (Å²) in [6.07, 6.45) is 6.49. The molecule has 0 nitrogen and oxygen atoms in total. The van der Waals surface area contributed by atoms with E-state index in [1.807, 2.05) is 6.92 Å². The Kier molecular flexibility index (Phi) is 15.9. The fourth-order valence-electron chi connectivity index (χ4n) is 1.21. The molecule has 94 valence electrons. The van der Waals surface area contributed by atoms with Crippen LogP contribution in [0.4, 0.5) is 0 Å². The second-order valence-electron chi connectivity index (χ2n) is 4.58. The van der Waals surface area contributed by atoms with Gasteiger partial charge < -0.3 is 0 Å². The maximum atomic E-state index is 3.67. The lowest BCUT2D eigenvalue weighted by molar-refractivity contribution is 0.270. The van der Waals surface area contributed by atoms with Crippen molar-refractivity contribution >= 4 is 0 Å². The lowest BCUT2D eigenvalue weighted by atomic mass is 9.81. The molecule has 0 amide bonds. The summed E-state index contributed by atoms with van der Waals surface area (Å²) in [5.74, 6) is 0. The number of hydrogen-bond acceptors (Lipinski definition) is 0. The van der Waals surface area contributed by atoms with E-state index in [1.165, 1.54) is 31.3 Å². The predicted octanol–water partition coefficient (Wildman–Crippen LogP) is 6.22. The normalized spacial score (nSPS) is 9.73. The fraction of sp³-hybridized carbons (Fsp3) is 0.867. The van der Waals surface area contributed by atoms with Crippen molar-refractivity contribution in [2.24, 2.45) is 5.41 Å². The maximum Gasteiger partial charge on any atom is -0.0331 e. The van der Waals surface area contributed by atoms with Crippen molar-refractivity contribution in [2.45, 2.75) is 81.1 Å². The van der Waals surface area contributed by atoms with Crippen LogP contribution in [0, 0.1) is 5.41 Å². The van der Waals surface area contributed by atoms with Crippen LogP contribution in [0.2, 0.25) is 0 Å². The van der Waals surface area contributed by atoms with E-state index in [-0.39, 0.29) is 7.43 Å². The number of hydrogen-bond donors (Lipinski definition) is 0. The third-order valence-electron chi connectivity index (χ3n) is 3.16. The molecule has 0 aliphatic rings. The highest BCUT2D eigenvalue weighted by Crippen LogP contribution is 2.30. The Morgan fingerprint density at radius 2 is 1.40 bits per heavy atom. The molecule has 0 aliphatic heterocycles. The van der Waals surface area contributed by atoms with Gasteiger partial charge in [-0.2, -0.15) is 0 Å². The first kappa shape index (κ1) is 20.2. The van der Waals surface area contributed by atoms with Gasteiger partial charge in [0.05, 0.1) is 0 Å². The van der Waals surface area contributed by atoms with Gasteiger partial charge in [-0.1, -0.05) is 66.9 Å². The lowest BCUT2D eigenvalue weighted by Gasteiger charge is -2.25. The zero-order chi connectivity index (χ0) is 11.6. The van der Waals surface area contributed by atoms with E-state index < -0.39 is 0 Å². The molecular formula is C15H34. The number of allylic oxidation sites excluding steroid dienone is 1. The topological polar surface area (TPSA) is 0 Å². The van der Waals surface area contributed by atoms with Crippen LogP contribution >= 0.6 is 0 Å². The third kappa shape index (κ3) is 13.7. The van der Waals surface area contributed by atoms with Crippen LogP contribution in [0.1, 0.15) is 81.1 Å². The van der Waals surface area contributed by atoms with E-state index in [2.05, 4.69) is 41.2 Å². The van der Waals surface area contributed by atoms with E-state index in [0.717, 1.165) is 6.42 Å². The van der Waals surface area contributed by atoms with Gasteiger partial charge in [-0.05, 0) is 25.2 Å². The second-order valence-corrected chi connectivity index (χ2v) is 4.58. The zero-order valence-corrected chi connectivity index (χ0v) is 11.2. The molecule has 0 aromatic carbocycles. The molecule has 0 fully saturated rings. The summed E-state index contributed by atoms with van der Waals surface area (Å²) in [4.78, 5) is 0. The van der Waals surface area contributed by atoms with Crippen molar-refractivity contribution in [3.63, 3.8) is 0 Å². The monoisotopic (exact) mass is 214 g/mol. The summed E-state index contributed by atoms with van der Waals surface area (Å²) < 4.78 is 0. The van der Waals surface area contributed by atoms with Crippen LogP contribution in [0.3, 0.4) is 0 Å². The predicted molar refractivity (Wildman–Crippen MR) is 75.4 cm³/mol. The van der Waals surface area contributed by atoms with Gasteiger partial charge in [-0.3, -0.25) is 0 Å². The van der Waals surface area contributed by atoms with Gasteiger partial charge in [0.15, 0.2) is 0 Å². The Hall–Kier alpha value is -0.260. The first-order valence-electron chi connectivity index (χ1n) is 6.10. The summed E-state index contributed by atoms with van der Waals surface area (Å²) >= 11 is 0. The molecule has 0 saturated heterocycles. The molecular weight excluding hydrogens is 180 g/mol. The summed E-state index contributed by atoms with van der Waals surface area (Å²) in [6, 6.07) is 0. The molecule has 0 N–H and O–H groups in total. The summed E-state index contributed by atoms with van der Waals surface area (Å²) in [5.41, 5.74) is 1.89. The van der Waals surface area contributed by atoms with Crippen LogP contribution in [-0.4, -0.2) is 0 Å². The minimum absolute atomic E-state index is 0. The number of rotatable bonds is 5. The van der Waals surface area contributed by atoms with Gasteiger partial charge >= 0.3 is 0 Å². The highest BCUT2D eigenvalue weighted by molar-refractivity contribution is 4.84. The van der Waals surface area contributed by atoms with Crippen molar-refractivity contribution in [3.05, 3.63) is 12.2 Å². The van der Waals surface area contributed by atoms with Gasteiger partial charge in [0.1, 0.15) is 0 Å². The molecule has 15 heavy (non-hydrogen) atoms. The van der Waals surface area contributed by atoms with Gasteiger partial charge in [-0.15, -0.1) is 6.58 Å². The van der Waals surface area contributed by atoms with Crippen LogP contribution < -0.4 is 0 Å². The zero-order valence-electron chi connectivity index (χ0n) is 11.2. The van der Waals surface area contributed by atoms with Crippen molar-refractivity contribution in [2.75, 3.05) is 0 Å². The molecule has 0 bridgehead atoms. The smallest absolute Gasteiger partial charge is 0.0331 e. The first-order chi connectivity index (χ1) is 6.45. The van der Waals surface area contributed by atoms with Gasteiger partial charge in [0.2, 0.25) is 0 Å². The van der Waals surface area contributed by atoms with Crippen molar-refractivity contribution in [1.29, 1.82) is 0 Å². The maximum absolute atomic E-state index is 3.67. The van der Waals surface area contributed by atoms with Gasteiger partial charge in [-0.25, -0.2) is 0 Å². The molecule has 0 aromatic heterocycles. The summed E-state index contributed by atoms with van der Waals surface area (Å²) in [6.45, 7) is 17.0. The van der Waals surface area contributed by atoms with Crippen LogP contribution in [-0.2, 0) is 0 Å². The molecule has 0 atom stereocenters. The average Bonchev–Trinajstić information content (AvgIpc) is 2.19. The van der Waals surface area contributed by atoms with Crippen molar-refractivity contribution in [3.8, 4) is 0 Å². The molecule has 0 radical (unpaired) electrons. The standard InChI is InChI=1S/C9H20.C5H10.CH4/c1-5-8-9(4,6-2)7-3;1-4-5(2)3;/h5-8H2,1-4H3;2,4H2,1,3H3;1H4. The second kappa shape index (κ2) is 11.8. The van der Waals surface area contributed by atoms with Crippen LogP contribution in [0.25, 0.3) is 0 Å². The molecule has 0 heterocycles. The lowest BCUT2D eigenvalue weighted by Crippen LogP contribution is -2.12. The summed E-state index contributed by atoms with van der Waals surface area (Å²) in [7, 11) is 0. The Labute approximate surface area is 99.2 Å². The van der Waals surface area contributed by atoms with Gasteiger partial charge in [0, 0.05) is 0 Å². The minimum Gasteiger partial charge on any atom is -0.100 e. The molecule has 0 rings (SSSR count). The molecule has 0 spiro atoms. The van der Waals surface area contributed by atoms with Gasteiger partial charge in [0.25, 0.3) is 0 Å². The molecule has 0 unspecified atom stereocenters. The molecule has 0 aromatic rings. The van der Waals surface area contributed by atoms with E-state index in [0.29, 0.717) is 5.41 Å².